The Labute approximate surface area is 137 Å². The van der Waals surface area contributed by atoms with Crippen molar-refractivity contribution in [2.45, 2.75) is 64.9 Å². The summed E-state index contributed by atoms with van der Waals surface area (Å²) in [7, 11) is 1.58. The van der Waals surface area contributed by atoms with E-state index in [0.717, 1.165) is 12.8 Å². The average molecular weight is 325 g/mol. The number of amides is 1. The Balaban J connectivity index is 2.75. The molecule has 23 heavy (non-hydrogen) atoms. The standard InChI is InChI=1S/C17H27NO5/c1-4-6-11(16(21)18-3)10-12(7-5-2)17(22)23-15-13(19)8-9-14(15)20/h11-12,15H,4-10H2,1-3H3,(H,18,21). The van der Waals surface area contributed by atoms with E-state index >= 15 is 0 Å². The van der Waals surface area contributed by atoms with Crippen LogP contribution in [-0.4, -0.2) is 36.6 Å². The molecule has 1 amide bonds. The molecule has 1 aliphatic rings. The maximum Gasteiger partial charge on any atom is 0.310 e. The predicted octanol–water partition coefficient (Wildman–Crippen LogP) is 1.80. The number of hydrogen-bond acceptors (Lipinski definition) is 5. The maximum atomic E-state index is 12.4. The van der Waals surface area contributed by atoms with E-state index in [1.165, 1.54) is 0 Å². The van der Waals surface area contributed by atoms with Crippen LogP contribution in [0, 0.1) is 11.8 Å². The minimum atomic E-state index is -1.23. The van der Waals surface area contributed by atoms with Crippen LogP contribution in [0.1, 0.15) is 58.8 Å². The number of carbonyl (C=O) groups is 4. The summed E-state index contributed by atoms with van der Waals surface area (Å²) < 4.78 is 5.17. The monoisotopic (exact) mass is 325 g/mol. The minimum absolute atomic E-state index is 0.0891. The van der Waals surface area contributed by atoms with Crippen molar-refractivity contribution in [3.05, 3.63) is 0 Å². The smallest absolute Gasteiger partial charge is 0.310 e. The van der Waals surface area contributed by atoms with Gasteiger partial charge in [0, 0.05) is 25.8 Å². The highest BCUT2D eigenvalue weighted by Gasteiger charge is 2.38. The van der Waals surface area contributed by atoms with Gasteiger partial charge in [0.15, 0.2) is 11.6 Å². The first-order chi connectivity index (χ1) is 10.9. The van der Waals surface area contributed by atoms with Gasteiger partial charge in [0.1, 0.15) is 0 Å². The molecule has 0 saturated heterocycles. The lowest BCUT2D eigenvalue weighted by Crippen LogP contribution is -2.34. The summed E-state index contributed by atoms with van der Waals surface area (Å²) >= 11 is 0. The fourth-order valence-electron chi connectivity index (χ4n) is 2.96. The van der Waals surface area contributed by atoms with Gasteiger partial charge in [-0.2, -0.15) is 0 Å². The van der Waals surface area contributed by atoms with Crippen LogP contribution in [0.2, 0.25) is 0 Å². The summed E-state index contributed by atoms with van der Waals surface area (Å²) in [6.07, 6.45) is 2.31. The molecule has 1 aliphatic carbocycles. The van der Waals surface area contributed by atoms with Crippen LogP contribution in [0.25, 0.3) is 0 Å². The summed E-state index contributed by atoms with van der Waals surface area (Å²) in [5.74, 6) is -2.00. The van der Waals surface area contributed by atoms with Crippen molar-refractivity contribution in [1.29, 1.82) is 0 Å². The highest BCUT2D eigenvalue weighted by molar-refractivity contribution is 6.12. The lowest BCUT2D eigenvalue weighted by Gasteiger charge is -2.22. The minimum Gasteiger partial charge on any atom is -0.446 e. The Morgan fingerprint density at radius 2 is 1.61 bits per heavy atom. The molecular formula is C17H27NO5. The van der Waals surface area contributed by atoms with Gasteiger partial charge in [0.2, 0.25) is 12.0 Å². The number of ketones is 2. The molecule has 0 aromatic heterocycles. The molecule has 0 aliphatic heterocycles. The van der Waals surface area contributed by atoms with Crippen molar-refractivity contribution in [2.75, 3.05) is 7.05 Å². The zero-order valence-electron chi connectivity index (χ0n) is 14.2. The van der Waals surface area contributed by atoms with E-state index in [2.05, 4.69) is 5.32 Å². The highest BCUT2D eigenvalue weighted by atomic mass is 16.6. The first-order valence-electron chi connectivity index (χ1n) is 8.42. The van der Waals surface area contributed by atoms with Crippen LogP contribution in [-0.2, 0) is 23.9 Å². The number of nitrogens with one attached hydrogen (secondary N) is 1. The van der Waals surface area contributed by atoms with E-state index < -0.39 is 18.0 Å². The summed E-state index contributed by atoms with van der Waals surface area (Å²) in [4.78, 5) is 47.5. The van der Waals surface area contributed by atoms with Gasteiger partial charge in [-0.3, -0.25) is 19.2 Å². The van der Waals surface area contributed by atoms with E-state index in [-0.39, 0.29) is 36.2 Å². The van der Waals surface area contributed by atoms with Gasteiger partial charge in [-0.15, -0.1) is 0 Å². The lowest BCUT2D eigenvalue weighted by atomic mass is 9.88. The summed E-state index contributed by atoms with van der Waals surface area (Å²) in [5, 5.41) is 2.62. The summed E-state index contributed by atoms with van der Waals surface area (Å²) in [6.45, 7) is 3.93. The number of Topliss-reactive ketones (excluding diaryl/α,β-unsaturated/α-hetero) is 2. The molecule has 1 fully saturated rings. The first kappa shape index (κ1) is 19.3. The largest absolute Gasteiger partial charge is 0.446 e. The molecule has 0 spiro atoms. The molecule has 6 nitrogen and oxygen atoms in total. The molecule has 0 radical (unpaired) electrons. The second-order valence-corrected chi connectivity index (χ2v) is 6.07. The van der Waals surface area contributed by atoms with Crippen molar-refractivity contribution in [1.82, 2.24) is 5.32 Å². The number of esters is 1. The lowest BCUT2D eigenvalue weighted by molar-refractivity contribution is -0.162. The van der Waals surface area contributed by atoms with Crippen molar-refractivity contribution >= 4 is 23.4 Å². The van der Waals surface area contributed by atoms with Crippen molar-refractivity contribution in [2.24, 2.45) is 11.8 Å². The highest BCUT2D eigenvalue weighted by Crippen LogP contribution is 2.25. The van der Waals surface area contributed by atoms with Gasteiger partial charge in [-0.05, 0) is 19.3 Å². The van der Waals surface area contributed by atoms with E-state index in [0.29, 0.717) is 19.3 Å². The van der Waals surface area contributed by atoms with Gasteiger partial charge < -0.3 is 10.1 Å². The van der Waals surface area contributed by atoms with Crippen molar-refractivity contribution in [3.63, 3.8) is 0 Å². The van der Waals surface area contributed by atoms with E-state index in [4.69, 9.17) is 4.74 Å². The number of carbonyl (C=O) groups excluding carboxylic acids is 4. The Bertz CT molecular complexity index is 444. The number of ether oxygens (including phenoxy) is 1. The molecule has 6 heteroatoms. The van der Waals surface area contributed by atoms with Crippen LogP contribution >= 0.6 is 0 Å². The third-order valence-corrected chi connectivity index (χ3v) is 4.23. The van der Waals surface area contributed by atoms with Gasteiger partial charge in [0.05, 0.1) is 5.92 Å². The molecule has 2 atom stereocenters. The van der Waals surface area contributed by atoms with Crippen LogP contribution in [0.15, 0.2) is 0 Å². The Morgan fingerprint density at radius 3 is 2.09 bits per heavy atom. The Kier molecular flexibility index (Phi) is 7.92. The molecule has 0 heterocycles. The fourth-order valence-corrected chi connectivity index (χ4v) is 2.96. The van der Waals surface area contributed by atoms with Gasteiger partial charge in [-0.25, -0.2) is 0 Å². The third-order valence-electron chi connectivity index (χ3n) is 4.23. The average Bonchev–Trinajstić information content (AvgIpc) is 2.84. The third kappa shape index (κ3) is 5.44. The van der Waals surface area contributed by atoms with E-state index in [1.807, 2.05) is 13.8 Å². The van der Waals surface area contributed by atoms with Gasteiger partial charge in [-0.1, -0.05) is 26.7 Å². The molecule has 2 unspecified atom stereocenters. The summed E-state index contributed by atoms with van der Waals surface area (Å²) in [6, 6.07) is 0. The van der Waals surface area contributed by atoms with Gasteiger partial charge >= 0.3 is 5.97 Å². The first-order valence-corrected chi connectivity index (χ1v) is 8.42. The Morgan fingerprint density at radius 1 is 1.09 bits per heavy atom. The fraction of sp³-hybridized carbons (Fsp3) is 0.765. The van der Waals surface area contributed by atoms with E-state index in [9.17, 15) is 19.2 Å². The normalized spacial score (nSPS) is 17.9. The maximum absolute atomic E-state index is 12.4. The quantitative estimate of drug-likeness (QED) is 0.516. The Hall–Kier alpha value is -1.72. The van der Waals surface area contributed by atoms with Crippen LogP contribution in [0.3, 0.4) is 0 Å². The number of rotatable bonds is 9. The topological polar surface area (TPSA) is 89.5 Å². The predicted molar refractivity (Wildman–Crippen MR) is 84.6 cm³/mol. The van der Waals surface area contributed by atoms with Crippen LogP contribution in [0.5, 0.6) is 0 Å². The second-order valence-electron chi connectivity index (χ2n) is 6.07. The molecule has 1 rings (SSSR count). The molecule has 0 aromatic rings. The molecule has 1 saturated carbocycles. The van der Waals surface area contributed by atoms with Crippen LogP contribution in [0.4, 0.5) is 0 Å². The number of hydrogen-bond donors (Lipinski definition) is 1. The van der Waals surface area contributed by atoms with Gasteiger partial charge in [0.25, 0.3) is 0 Å². The van der Waals surface area contributed by atoms with E-state index in [1.54, 1.807) is 7.05 Å². The van der Waals surface area contributed by atoms with Crippen molar-refractivity contribution in [3.8, 4) is 0 Å². The summed E-state index contributed by atoms with van der Waals surface area (Å²) in [5.41, 5.74) is 0. The zero-order valence-corrected chi connectivity index (χ0v) is 14.2. The zero-order chi connectivity index (χ0) is 17.4. The SMILES string of the molecule is CCCC(CC(CCC)C(=O)OC1C(=O)CCC1=O)C(=O)NC. The second kappa shape index (κ2) is 9.43. The molecule has 1 N–H and O–H groups in total. The molecular weight excluding hydrogens is 298 g/mol. The molecule has 130 valence electrons. The van der Waals surface area contributed by atoms with Crippen molar-refractivity contribution < 1.29 is 23.9 Å². The molecule has 0 bridgehead atoms. The molecule has 0 aromatic carbocycles. The van der Waals surface area contributed by atoms with Crippen LogP contribution < -0.4 is 5.32 Å².